The minimum absolute atomic E-state index is 0.0643. The lowest BCUT2D eigenvalue weighted by Crippen LogP contribution is -2.34. The van der Waals surface area contributed by atoms with Crippen LogP contribution in [0.2, 0.25) is 0 Å². The van der Waals surface area contributed by atoms with Crippen LogP contribution in [-0.4, -0.2) is 47.5 Å². The maximum Gasteiger partial charge on any atom is 0.359 e. The highest BCUT2D eigenvalue weighted by atomic mass is 16.5. The van der Waals surface area contributed by atoms with E-state index in [2.05, 4.69) is 10.4 Å². The monoisotopic (exact) mass is 369 g/mol. The third-order valence-corrected chi connectivity index (χ3v) is 5.01. The number of benzene rings is 1. The van der Waals surface area contributed by atoms with Crippen molar-refractivity contribution in [3.05, 3.63) is 47.3 Å². The number of nitrogens with zero attached hydrogens (tertiary/aromatic N) is 2. The fraction of sp³-hybridized carbons (Fsp3) is 0.450. The van der Waals surface area contributed by atoms with E-state index in [-0.39, 0.29) is 18.6 Å². The van der Waals surface area contributed by atoms with Crippen LogP contribution in [0.4, 0.5) is 0 Å². The number of aromatic nitrogens is 2. The predicted molar refractivity (Wildman–Crippen MR) is 97.9 cm³/mol. The van der Waals surface area contributed by atoms with Crippen molar-refractivity contribution >= 4 is 11.9 Å². The molecule has 0 bridgehead atoms. The Hall–Kier alpha value is -2.67. The summed E-state index contributed by atoms with van der Waals surface area (Å²) < 4.78 is 12.5. The second-order valence-corrected chi connectivity index (χ2v) is 6.89. The predicted octanol–water partition coefficient (Wildman–Crippen LogP) is 1.81. The summed E-state index contributed by atoms with van der Waals surface area (Å²) in [5, 5.41) is 7.23. The molecule has 0 saturated carbocycles. The molecule has 1 atom stereocenters. The number of para-hydroxylation sites is 1. The first-order valence-corrected chi connectivity index (χ1v) is 9.44. The molecule has 1 aromatic carbocycles. The van der Waals surface area contributed by atoms with Crippen molar-refractivity contribution < 1.29 is 19.1 Å². The first-order valence-electron chi connectivity index (χ1n) is 9.44. The summed E-state index contributed by atoms with van der Waals surface area (Å²) in [6.45, 7) is 0.887. The van der Waals surface area contributed by atoms with Crippen LogP contribution in [0.1, 0.15) is 41.0 Å². The van der Waals surface area contributed by atoms with E-state index in [4.69, 9.17) is 9.47 Å². The number of hydrogen-bond donors (Lipinski definition) is 1. The van der Waals surface area contributed by atoms with Gasteiger partial charge in [0, 0.05) is 24.4 Å². The number of esters is 1. The number of ether oxygens (including phenoxy) is 2. The Labute approximate surface area is 157 Å². The van der Waals surface area contributed by atoms with Crippen LogP contribution in [0.5, 0.6) is 0 Å². The van der Waals surface area contributed by atoms with Gasteiger partial charge in [-0.25, -0.2) is 9.48 Å². The molecule has 0 unspecified atom stereocenters. The number of hydrogen-bond acceptors (Lipinski definition) is 5. The van der Waals surface area contributed by atoms with Crippen molar-refractivity contribution in [3.8, 4) is 5.69 Å². The quantitative estimate of drug-likeness (QED) is 0.786. The van der Waals surface area contributed by atoms with Gasteiger partial charge < -0.3 is 14.8 Å². The van der Waals surface area contributed by atoms with Crippen LogP contribution >= 0.6 is 0 Å². The number of nitrogens with one attached hydrogen (secondary N) is 1. The molecule has 2 aliphatic rings. The summed E-state index contributed by atoms with van der Waals surface area (Å²) in [4.78, 5) is 24.4. The lowest BCUT2D eigenvalue weighted by molar-refractivity contribution is -0.124. The molecular formula is C20H23N3O4. The average Bonchev–Trinajstić information content (AvgIpc) is 3.42. The molecule has 1 amide bonds. The van der Waals surface area contributed by atoms with Crippen molar-refractivity contribution in [1.29, 1.82) is 0 Å². The van der Waals surface area contributed by atoms with Crippen LogP contribution < -0.4 is 5.32 Å². The van der Waals surface area contributed by atoms with E-state index in [0.29, 0.717) is 12.2 Å². The zero-order valence-electron chi connectivity index (χ0n) is 15.1. The molecule has 4 rings (SSSR count). The SMILES string of the molecule is O=C(COC(=O)c1nn(-c2ccccc2)c2c1CCC2)NC[C@@H]1CCCO1. The Morgan fingerprint density at radius 3 is 2.85 bits per heavy atom. The van der Waals surface area contributed by atoms with E-state index < -0.39 is 5.97 Å². The fourth-order valence-corrected chi connectivity index (χ4v) is 3.67. The van der Waals surface area contributed by atoms with Crippen molar-refractivity contribution in [2.24, 2.45) is 0 Å². The fourth-order valence-electron chi connectivity index (χ4n) is 3.67. The molecule has 7 heteroatoms. The van der Waals surface area contributed by atoms with Gasteiger partial charge in [0.1, 0.15) is 0 Å². The van der Waals surface area contributed by atoms with Crippen molar-refractivity contribution in [2.75, 3.05) is 19.8 Å². The van der Waals surface area contributed by atoms with Crippen LogP contribution in [0.3, 0.4) is 0 Å². The first kappa shape index (κ1) is 17.7. The Kier molecular flexibility index (Phi) is 5.20. The minimum atomic E-state index is -0.546. The third-order valence-electron chi connectivity index (χ3n) is 5.01. The highest BCUT2D eigenvalue weighted by Crippen LogP contribution is 2.28. The second kappa shape index (κ2) is 7.92. The van der Waals surface area contributed by atoms with Crippen LogP contribution in [0.15, 0.2) is 30.3 Å². The van der Waals surface area contributed by atoms with Gasteiger partial charge in [0.15, 0.2) is 12.3 Å². The van der Waals surface area contributed by atoms with Crippen molar-refractivity contribution in [3.63, 3.8) is 0 Å². The van der Waals surface area contributed by atoms with Gasteiger partial charge in [-0.15, -0.1) is 0 Å². The smallest absolute Gasteiger partial charge is 0.359 e. The van der Waals surface area contributed by atoms with Gasteiger partial charge in [-0.3, -0.25) is 4.79 Å². The van der Waals surface area contributed by atoms with Crippen LogP contribution in [-0.2, 0) is 27.1 Å². The summed E-state index contributed by atoms with van der Waals surface area (Å²) in [5.74, 6) is -0.868. The molecule has 2 heterocycles. The number of fused-ring (bicyclic) bond motifs is 1. The average molecular weight is 369 g/mol. The molecule has 0 spiro atoms. The lowest BCUT2D eigenvalue weighted by Gasteiger charge is -2.10. The molecule has 1 fully saturated rings. The molecule has 0 radical (unpaired) electrons. The van der Waals surface area contributed by atoms with Crippen molar-refractivity contribution in [2.45, 2.75) is 38.2 Å². The molecule has 27 heavy (non-hydrogen) atoms. The van der Waals surface area contributed by atoms with Gasteiger partial charge in [-0.05, 0) is 44.2 Å². The van der Waals surface area contributed by atoms with Crippen LogP contribution in [0, 0.1) is 0 Å². The summed E-state index contributed by atoms with van der Waals surface area (Å²) in [6.07, 6.45) is 4.70. The van der Waals surface area contributed by atoms with Gasteiger partial charge in [0.25, 0.3) is 5.91 Å². The molecule has 1 aliphatic carbocycles. The highest BCUT2D eigenvalue weighted by Gasteiger charge is 2.28. The summed E-state index contributed by atoms with van der Waals surface area (Å²) >= 11 is 0. The van der Waals surface area contributed by atoms with E-state index in [1.165, 1.54) is 0 Å². The van der Waals surface area contributed by atoms with E-state index in [9.17, 15) is 9.59 Å². The molecule has 2 aromatic rings. The maximum atomic E-state index is 12.5. The number of carbonyl (C=O) groups is 2. The van der Waals surface area contributed by atoms with Crippen LogP contribution in [0.25, 0.3) is 5.69 Å². The third kappa shape index (κ3) is 3.88. The summed E-state index contributed by atoms with van der Waals surface area (Å²) in [5.41, 5.74) is 3.22. The summed E-state index contributed by atoms with van der Waals surface area (Å²) in [7, 11) is 0. The van der Waals surface area contributed by atoms with E-state index >= 15 is 0 Å². The Balaban J connectivity index is 1.39. The van der Waals surface area contributed by atoms with E-state index in [1.54, 1.807) is 0 Å². The van der Waals surface area contributed by atoms with Gasteiger partial charge in [0.05, 0.1) is 11.8 Å². The highest BCUT2D eigenvalue weighted by molar-refractivity contribution is 5.91. The van der Waals surface area contributed by atoms with Crippen molar-refractivity contribution in [1.82, 2.24) is 15.1 Å². The van der Waals surface area contributed by atoms with Gasteiger partial charge in [0.2, 0.25) is 0 Å². The Morgan fingerprint density at radius 2 is 2.07 bits per heavy atom. The summed E-state index contributed by atoms with van der Waals surface area (Å²) in [6, 6.07) is 9.74. The number of amides is 1. The standard InChI is InChI=1S/C20H23N3O4/c24-18(21-12-15-8-5-11-26-15)13-27-20(25)19-16-9-4-10-17(16)23(22-19)14-6-2-1-3-7-14/h1-3,6-7,15H,4-5,8-13H2,(H,21,24)/t15-/m0/s1. The molecular weight excluding hydrogens is 346 g/mol. The van der Waals surface area contributed by atoms with Gasteiger partial charge >= 0.3 is 5.97 Å². The maximum absolute atomic E-state index is 12.5. The molecule has 142 valence electrons. The molecule has 1 saturated heterocycles. The first-order chi connectivity index (χ1) is 13.2. The number of rotatable bonds is 6. The largest absolute Gasteiger partial charge is 0.451 e. The van der Waals surface area contributed by atoms with Gasteiger partial charge in [-0.1, -0.05) is 18.2 Å². The molecule has 1 N–H and O–H groups in total. The van der Waals surface area contributed by atoms with Gasteiger partial charge in [-0.2, -0.15) is 5.10 Å². The molecule has 1 aliphatic heterocycles. The topological polar surface area (TPSA) is 82.5 Å². The lowest BCUT2D eigenvalue weighted by atomic mass is 10.2. The molecule has 1 aromatic heterocycles. The molecule has 7 nitrogen and oxygen atoms in total. The zero-order chi connectivity index (χ0) is 18.6. The normalized spacial score (nSPS) is 18.3. The minimum Gasteiger partial charge on any atom is -0.451 e. The number of carbonyl (C=O) groups excluding carboxylic acids is 2. The van der Waals surface area contributed by atoms with E-state index in [0.717, 1.165) is 55.7 Å². The second-order valence-electron chi connectivity index (χ2n) is 6.89. The Morgan fingerprint density at radius 1 is 1.22 bits per heavy atom. The van der Waals surface area contributed by atoms with E-state index in [1.807, 2.05) is 35.0 Å². The Bertz CT molecular complexity index is 825. The zero-order valence-corrected chi connectivity index (χ0v) is 15.1.